The summed E-state index contributed by atoms with van der Waals surface area (Å²) < 4.78 is 9.84. The predicted octanol–water partition coefficient (Wildman–Crippen LogP) is 5.10. The van der Waals surface area contributed by atoms with Crippen molar-refractivity contribution in [3.8, 4) is 11.4 Å². The largest absolute Gasteiger partial charge is 0.497 e. The van der Waals surface area contributed by atoms with Gasteiger partial charge in [0.2, 0.25) is 5.78 Å². The first-order chi connectivity index (χ1) is 15.2. The summed E-state index contributed by atoms with van der Waals surface area (Å²) >= 11 is 5.05. The lowest BCUT2D eigenvalue weighted by molar-refractivity contribution is 0.414. The average Bonchev–Trinajstić information content (AvgIpc) is 3.23. The Kier molecular flexibility index (Phi) is 5.25. The van der Waals surface area contributed by atoms with Gasteiger partial charge in [0, 0.05) is 10.2 Å². The Labute approximate surface area is 190 Å². The highest BCUT2D eigenvalue weighted by Crippen LogP contribution is 2.26. The monoisotopic (exact) mass is 492 g/mol. The number of fused-ring (bicyclic) bond motifs is 3. The number of ether oxygens (including phenoxy) is 1. The zero-order chi connectivity index (χ0) is 21.4. The Balaban J connectivity index is 1.68. The van der Waals surface area contributed by atoms with Gasteiger partial charge in [0.15, 0.2) is 5.16 Å². The lowest BCUT2D eigenvalue weighted by Crippen LogP contribution is -2.21. The van der Waals surface area contributed by atoms with Crippen molar-refractivity contribution >= 4 is 44.4 Å². The van der Waals surface area contributed by atoms with Crippen LogP contribution in [0.5, 0.6) is 5.75 Å². The Morgan fingerprint density at radius 2 is 1.71 bits per heavy atom. The fraction of sp³-hybridized carbons (Fsp3) is 0.0870. The number of thioether (sulfide) groups is 1. The number of hydrogen-bond acceptors (Lipinski definition) is 5. The summed E-state index contributed by atoms with van der Waals surface area (Å²) in [5, 5.41) is 10.2. The first kappa shape index (κ1) is 19.8. The third kappa shape index (κ3) is 3.62. The molecular weight excluding hydrogens is 476 g/mol. The van der Waals surface area contributed by atoms with Gasteiger partial charge in [0.05, 0.1) is 23.7 Å². The van der Waals surface area contributed by atoms with Crippen LogP contribution in [0.3, 0.4) is 0 Å². The summed E-state index contributed by atoms with van der Waals surface area (Å²) in [5.74, 6) is 1.94. The Bertz CT molecular complexity index is 1440. The van der Waals surface area contributed by atoms with Gasteiger partial charge in [-0.1, -0.05) is 52.0 Å². The molecule has 3 aromatic carbocycles. The van der Waals surface area contributed by atoms with E-state index in [2.05, 4.69) is 38.3 Å². The van der Waals surface area contributed by atoms with Crippen molar-refractivity contribution < 1.29 is 4.74 Å². The maximum absolute atomic E-state index is 13.4. The van der Waals surface area contributed by atoms with Gasteiger partial charge in [-0.2, -0.15) is 0 Å². The van der Waals surface area contributed by atoms with Crippen molar-refractivity contribution in [2.75, 3.05) is 7.11 Å². The minimum atomic E-state index is -0.134. The second kappa shape index (κ2) is 8.20. The van der Waals surface area contributed by atoms with Crippen LogP contribution in [0.1, 0.15) is 5.56 Å². The van der Waals surface area contributed by atoms with Gasteiger partial charge in [-0.25, -0.2) is 4.57 Å². The van der Waals surface area contributed by atoms with Gasteiger partial charge in [0.25, 0.3) is 5.56 Å². The van der Waals surface area contributed by atoms with Crippen molar-refractivity contribution in [1.82, 2.24) is 19.2 Å². The van der Waals surface area contributed by atoms with Crippen LogP contribution in [0.25, 0.3) is 22.4 Å². The van der Waals surface area contributed by atoms with E-state index in [4.69, 9.17) is 4.74 Å². The van der Waals surface area contributed by atoms with Crippen LogP contribution in [0.2, 0.25) is 0 Å². The molecule has 0 saturated heterocycles. The van der Waals surface area contributed by atoms with E-state index in [-0.39, 0.29) is 5.56 Å². The Hall–Kier alpha value is -3.10. The first-order valence-electron chi connectivity index (χ1n) is 9.56. The number of para-hydroxylation sites is 1. The second-order valence-electron chi connectivity index (χ2n) is 6.89. The van der Waals surface area contributed by atoms with Crippen LogP contribution < -0.4 is 10.3 Å². The molecule has 5 rings (SSSR count). The van der Waals surface area contributed by atoms with Crippen molar-refractivity contribution in [3.05, 3.63) is 93.2 Å². The van der Waals surface area contributed by atoms with Crippen LogP contribution in [0.15, 0.2) is 87.2 Å². The topological polar surface area (TPSA) is 61.4 Å². The molecule has 0 unspecified atom stereocenters. The van der Waals surface area contributed by atoms with Crippen molar-refractivity contribution in [3.63, 3.8) is 0 Å². The minimum absolute atomic E-state index is 0.134. The molecule has 5 aromatic rings. The quantitative estimate of drug-likeness (QED) is 0.319. The smallest absolute Gasteiger partial charge is 0.267 e. The van der Waals surface area contributed by atoms with E-state index < -0.39 is 0 Å². The standard InChI is InChI=1S/C23H17BrN4O2S/c1-30-18-12-10-17(11-13-18)27-21(29)19-4-2-3-5-20(19)28-22(27)25-26-23(28)31-14-15-6-8-16(24)9-7-15/h2-13H,14H2,1H3. The van der Waals surface area contributed by atoms with Gasteiger partial charge < -0.3 is 4.74 Å². The molecule has 0 aliphatic carbocycles. The number of nitrogens with zero attached hydrogens (tertiary/aromatic N) is 4. The molecule has 2 aromatic heterocycles. The van der Waals surface area contributed by atoms with Crippen LogP contribution in [0.4, 0.5) is 0 Å². The minimum Gasteiger partial charge on any atom is -0.497 e. The third-order valence-electron chi connectivity index (χ3n) is 5.01. The SMILES string of the molecule is COc1ccc(-n2c(=O)c3ccccc3n3c(SCc4ccc(Br)cc4)nnc23)cc1. The summed E-state index contributed by atoms with van der Waals surface area (Å²) in [6, 6.07) is 23.1. The number of aromatic nitrogens is 4. The first-order valence-corrected chi connectivity index (χ1v) is 11.3. The van der Waals surface area contributed by atoms with E-state index in [1.807, 2.05) is 65.1 Å². The molecule has 0 N–H and O–H groups in total. The highest BCUT2D eigenvalue weighted by Gasteiger charge is 2.18. The van der Waals surface area contributed by atoms with Gasteiger partial charge in [-0.05, 0) is 54.1 Å². The number of benzene rings is 3. The average molecular weight is 493 g/mol. The number of rotatable bonds is 5. The maximum atomic E-state index is 13.4. The highest BCUT2D eigenvalue weighted by atomic mass is 79.9. The van der Waals surface area contributed by atoms with Crippen molar-refractivity contribution in [2.24, 2.45) is 0 Å². The fourth-order valence-corrected chi connectivity index (χ4v) is 4.62. The molecule has 0 aliphatic heterocycles. The summed E-state index contributed by atoms with van der Waals surface area (Å²) in [7, 11) is 1.61. The fourth-order valence-electron chi connectivity index (χ4n) is 3.46. The summed E-state index contributed by atoms with van der Waals surface area (Å²) in [6.45, 7) is 0. The lowest BCUT2D eigenvalue weighted by atomic mass is 10.2. The van der Waals surface area contributed by atoms with Gasteiger partial charge in [-0.15, -0.1) is 10.2 Å². The van der Waals surface area contributed by atoms with Crippen molar-refractivity contribution in [1.29, 1.82) is 0 Å². The maximum Gasteiger partial charge on any atom is 0.267 e. The molecule has 31 heavy (non-hydrogen) atoms. The Morgan fingerprint density at radius 3 is 2.45 bits per heavy atom. The lowest BCUT2D eigenvalue weighted by Gasteiger charge is -2.12. The molecule has 0 atom stereocenters. The van der Waals surface area contributed by atoms with Crippen LogP contribution in [-0.2, 0) is 5.75 Å². The second-order valence-corrected chi connectivity index (χ2v) is 8.75. The van der Waals surface area contributed by atoms with E-state index in [0.717, 1.165) is 26.6 Å². The van der Waals surface area contributed by atoms with E-state index in [1.165, 1.54) is 5.56 Å². The molecule has 0 bridgehead atoms. The highest BCUT2D eigenvalue weighted by molar-refractivity contribution is 9.10. The molecular formula is C23H17BrN4O2S. The molecule has 0 fully saturated rings. The summed E-state index contributed by atoms with van der Waals surface area (Å²) in [5.41, 5.74) is 2.54. The molecule has 0 spiro atoms. The molecule has 6 nitrogen and oxygen atoms in total. The number of hydrogen-bond donors (Lipinski definition) is 0. The third-order valence-corrected chi connectivity index (χ3v) is 6.54. The molecule has 8 heteroatoms. The van der Waals surface area contributed by atoms with E-state index in [9.17, 15) is 4.79 Å². The van der Waals surface area contributed by atoms with E-state index >= 15 is 0 Å². The van der Waals surface area contributed by atoms with E-state index in [1.54, 1.807) is 23.4 Å². The molecule has 0 saturated carbocycles. The molecule has 2 heterocycles. The molecule has 0 radical (unpaired) electrons. The number of methoxy groups -OCH3 is 1. The van der Waals surface area contributed by atoms with Crippen molar-refractivity contribution in [2.45, 2.75) is 10.9 Å². The summed E-state index contributed by atoms with van der Waals surface area (Å²) in [6.07, 6.45) is 0. The summed E-state index contributed by atoms with van der Waals surface area (Å²) in [4.78, 5) is 13.4. The van der Waals surface area contributed by atoms with Crippen LogP contribution >= 0.6 is 27.7 Å². The Morgan fingerprint density at radius 1 is 0.968 bits per heavy atom. The zero-order valence-electron chi connectivity index (χ0n) is 16.5. The predicted molar refractivity (Wildman–Crippen MR) is 126 cm³/mol. The van der Waals surface area contributed by atoms with Gasteiger partial charge >= 0.3 is 0 Å². The van der Waals surface area contributed by atoms with Crippen LogP contribution in [-0.4, -0.2) is 26.3 Å². The normalized spacial score (nSPS) is 11.3. The molecule has 0 amide bonds. The van der Waals surface area contributed by atoms with Gasteiger partial charge in [-0.3, -0.25) is 9.20 Å². The van der Waals surface area contributed by atoms with Gasteiger partial charge in [0.1, 0.15) is 5.75 Å². The van der Waals surface area contributed by atoms with Crippen LogP contribution in [0, 0.1) is 0 Å². The molecule has 0 aliphatic rings. The zero-order valence-corrected chi connectivity index (χ0v) is 18.9. The molecule has 154 valence electrons. The van der Waals surface area contributed by atoms with E-state index in [0.29, 0.717) is 16.9 Å². The number of halogens is 1.